The zero-order chi connectivity index (χ0) is 16.1. The molecular formula is C17H26ClN3O. The minimum Gasteiger partial charge on any atom is -0.336 e. The standard InChI is InChI=1S/C17H26ClN3O/c1-4-5-12-21-17(18)15(14(3)19-21)9-10-16(22)20-11-7-6-8-13(20)2/h9-10,13H,4-8,11-12H2,1-3H3. The third-order valence-corrected chi connectivity index (χ3v) is 4.71. The Kier molecular flexibility index (Phi) is 6.07. The predicted octanol–water partition coefficient (Wildman–Crippen LogP) is 4.06. The molecule has 0 bridgehead atoms. The molecule has 4 nitrogen and oxygen atoms in total. The first-order valence-electron chi connectivity index (χ1n) is 8.26. The number of carbonyl (C=O) groups excluding carboxylic acids is 1. The van der Waals surface area contributed by atoms with Crippen molar-refractivity contribution < 1.29 is 4.79 Å². The lowest BCUT2D eigenvalue weighted by atomic mass is 10.0. The molecule has 2 rings (SSSR count). The number of likely N-dealkylation sites (tertiary alicyclic amines) is 1. The molecule has 0 spiro atoms. The van der Waals surface area contributed by atoms with Crippen molar-refractivity contribution in [3.63, 3.8) is 0 Å². The first-order valence-corrected chi connectivity index (χ1v) is 8.64. The van der Waals surface area contributed by atoms with Crippen molar-refractivity contribution in [2.24, 2.45) is 0 Å². The van der Waals surface area contributed by atoms with E-state index < -0.39 is 0 Å². The van der Waals surface area contributed by atoms with Gasteiger partial charge < -0.3 is 4.90 Å². The average molecular weight is 324 g/mol. The summed E-state index contributed by atoms with van der Waals surface area (Å²) < 4.78 is 1.83. The molecule has 1 aromatic heterocycles. The molecule has 1 aliphatic rings. The van der Waals surface area contributed by atoms with Crippen LogP contribution in [0.5, 0.6) is 0 Å². The van der Waals surface area contributed by atoms with Gasteiger partial charge in [-0.2, -0.15) is 5.10 Å². The molecule has 0 N–H and O–H groups in total. The van der Waals surface area contributed by atoms with E-state index in [0.717, 1.165) is 50.0 Å². The Morgan fingerprint density at radius 2 is 2.23 bits per heavy atom. The Labute approximate surface area is 138 Å². The molecule has 1 aromatic rings. The summed E-state index contributed by atoms with van der Waals surface area (Å²) in [5.74, 6) is 0.0731. The lowest BCUT2D eigenvalue weighted by Gasteiger charge is -2.32. The van der Waals surface area contributed by atoms with Crippen molar-refractivity contribution in [2.75, 3.05) is 6.54 Å². The SMILES string of the molecule is CCCCn1nc(C)c(C=CC(=O)N2CCCCC2C)c1Cl. The molecular weight excluding hydrogens is 298 g/mol. The smallest absolute Gasteiger partial charge is 0.246 e. The fraction of sp³-hybridized carbons (Fsp3) is 0.647. The molecule has 1 unspecified atom stereocenters. The summed E-state index contributed by atoms with van der Waals surface area (Å²) in [6, 6.07) is 0.328. The molecule has 22 heavy (non-hydrogen) atoms. The molecule has 122 valence electrons. The van der Waals surface area contributed by atoms with Gasteiger partial charge in [0.05, 0.1) is 5.69 Å². The lowest BCUT2D eigenvalue weighted by Crippen LogP contribution is -2.41. The van der Waals surface area contributed by atoms with E-state index in [4.69, 9.17) is 11.6 Å². The average Bonchev–Trinajstić information content (AvgIpc) is 2.77. The maximum atomic E-state index is 12.4. The van der Waals surface area contributed by atoms with Crippen molar-refractivity contribution in [1.29, 1.82) is 0 Å². The second kappa shape index (κ2) is 7.82. The molecule has 5 heteroatoms. The number of unbranched alkanes of at least 4 members (excludes halogenated alkanes) is 1. The van der Waals surface area contributed by atoms with Crippen molar-refractivity contribution in [1.82, 2.24) is 14.7 Å². The van der Waals surface area contributed by atoms with E-state index in [0.29, 0.717) is 11.2 Å². The zero-order valence-electron chi connectivity index (χ0n) is 13.8. The summed E-state index contributed by atoms with van der Waals surface area (Å²) in [6.45, 7) is 7.87. The maximum Gasteiger partial charge on any atom is 0.246 e. The first kappa shape index (κ1) is 17.1. The highest BCUT2D eigenvalue weighted by Crippen LogP contribution is 2.22. The van der Waals surface area contributed by atoms with Gasteiger partial charge in [-0.05, 0) is 45.6 Å². The number of nitrogens with zero attached hydrogens (tertiary/aromatic N) is 3. The van der Waals surface area contributed by atoms with Gasteiger partial charge in [0, 0.05) is 30.8 Å². The van der Waals surface area contributed by atoms with Crippen LogP contribution in [0.1, 0.15) is 57.2 Å². The van der Waals surface area contributed by atoms with Crippen LogP contribution >= 0.6 is 11.6 Å². The number of carbonyl (C=O) groups is 1. The van der Waals surface area contributed by atoms with Gasteiger partial charge in [-0.15, -0.1) is 0 Å². The van der Waals surface area contributed by atoms with Gasteiger partial charge >= 0.3 is 0 Å². The highest BCUT2D eigenvalue weighted by Gasteiger charge is 2.21. The van der Waals surface area contributed by atoms with Crippen LogP contribution in [0.3, 0.4) is 0 Å². The largest absolute Gasteiger partial charge is 0.336 e. The topological polar surface area (TPSA) is 38.1 Å². The van der Waals surface area contributed by atoms with Crippen LogP contribution in [0, 0.1) is 6.92 Å². The Bertz CT molecular complexity index is 550. The van der Waals surface area contributed by atoms with Crippen LogP contribution in [-0.2, 0) is 11.3 Å². The van der Waals surface area contributed by atoms with E-state index in [1.54, 1.807) is 6.08 Å². The van der Waals surface area contributed by atoms with Crippen molar-refractivity contribution in [3.05, 3.63) is 22.5 Å². The van der Waals surface area contributed by atoms with Gasteiger partial charge in [-0.1, -0.05) is 24.9 Å². The summed E-state index contributed by atoms with van der Waals surface area (Å²) in [5, 5.41) is 5.09. The van der Waals surface area contributed by atoms with E-state index in [9.17, 15) is 4.79 Å². The summed E-state index contributed by atoms with van der Waals surface area (Å²) in [5.41, 5.74) is 1.73. The van der Waals surface area contributed by atoms with E-state index in [2.05, 4.69) is 18.9 Å². The summed E-state index contributed by atoms with van der Waals surface area (Å²) >= 11 is 6.39. The summed E-state index contributed by atoms with van der Waals surface area (Å²) in [6.07, 6.45) is 9.01. The predicted molar refractivity (Wildman–Crippen MR) is 90.9 cm³/mol. The van der Waals surface area contributed by atoms with Crippen molar-refractivity contribution in [2.45, 2.75) is 65.5 Å². The van der Waals surface area contributed by atoms with Crippen LogP contribution in [0.4, 0.5) is 0 Å². The molecule has 0 aromatic carbocycles. The Balaban J connectivity index is 2.09. The fourth-order valence-corrected chi connectivity index (χ4v) is 3.21. The molecule has 1 aliphatic heterocycles. The van der Waals surface area contributed by atoms with Gasteiger partial charge in [-0.3, -0.25) is 9.48 Å². The maximum absolute atomic E-state index is 12.4. The first-order chi connectivity index (χ1) is 10.5. The number of rotatable bonds is 5. The van der Waals surface area contributed by atoms with Crippen LogP contribution in [-0.4, -0.2) is 33.2 Å². The zero-order valence-corrected chi connectivity index (χ0v) is 14.6. The van der Waals surface area contributed by atoms with Crippen molar-refractivity contribution in [3.8, 4) is 0 Å². The van der Waals surface area contributed by atoms with Gasteiger partial charge in [0.15, 0.2) is 0 Å². The molecule has 0 radical (unpaired) electrons. The normalized spacial score (nSPS) is 19.1. The Hall–Kier alpha value is -1.29. The van der Waals surface area contributed by atoms with Gasteiger partial charge in [0.25, 0.3) is 0 Å². The number of piperidine rings is 1. The molecule has 1 fully saturated rings. The van der Waals surface area contributed by atoms with Gasteiger partial charge in [0.2, 0.25) is 5.91 Å². The summed E-state index contributed by atoms with van der Waals surface area (Å²) in [7, 11) is 0. The summed E-state index contributed by atoms with van der Waals surface area (Å²) in [4.78, 5) is 14.3. The molecule has 0 saturated carbocycles. The van der Waals surface area contributed by atoms with Crippen LogP contribution in [0.15, 0.2) is 6.08 Å². The van der Waals surface area contributed by atoms with Gasteiger partial charge in [0.1, 0.15) is 5.15 Å². The van der Waals surface area contributed by atoms with Crippen LogP contribution < -0.4 is 0 Å². The number of hydrogen-bond donors (Lipinski definition) is 0. The van der Waals surface area contributed by atoms with E-state index in [1.165, 1.54) is 6.42 Å². The molecule has 1 amide bonds. The minimum absolute atomic E-state index is 0.0731. The number of aryl methyl sites for hydroxylation is 2. The van der Waals surface area contributed by atoms with Crippen LogP contribution in [0.25, 0.3) is 6.08 Å². The molecule has 1 saturated heterocycles. The third kappa shape index (κ3) is 3.92. The molecule has 0 aliphatic carbocycles. The van der Waals surface area contributed by atoms with Crippen molar-refractivity contribution >= 4 is 23.6 Å². The van der Waals surface area contributed by atoms with E-state index >= 15 is 0 Å². The number of amides is 1. The fourth-order valence-electron chi connectivity index (χ4n) is 2.89. The highest BCUT2D eigenvalue weighted by molar-refractivity contribution is 6.31. The quantitative estimate of drug-likeness (QED) is 0.766. The molecule has 2 heterocycles. The van der Waals surface area contributed by atoms with E-state index in [1.807, 2.05) is 22.6 Å². The second-order valence-corrected chi connectivity index (χ2v) is 6.43. The highest BCUT2D eigenvalue weighted by atomic mass is 35.5. The molecule has 1 atom stereocenters. The third-order valence-electron chi connectivity index (χ3n) is 4.31. The second-order valence-electron chi connectivity index (χ2n) is 6.08. The monoisotopic (exact) mass is 323 g/mol. The minimum atomic E-state index is 0.0731. The van der Waals surface area contributed by atoms with Crippen LogP contribution in [0.2, 0.25) is 5.15 Å². The Morgan fingerprint density at radius 1 is 1.45 bits per heavy atom. The Morgan fingerprint density at radius 3 is 2.91 bits per heavy atom. The number of hydrogen-bond acceptors (Lipinski definition) is 2. The number of halogens is 1. The lowest BCUT2D eigenvalue weighted by molar-refractivity contribution is -0.129. The number of aromatic nitrogens is 2. The van der Waals surface area contributed by atoms with E-state index in [-0.39, 0.29) is 5.91 Å². The van der Waals surface area contributed by atoms with Gasteiger partial charge in [-0.25, -0.2) is 0 Å².